The maximum atomic E-state index is 11.9. The predicted octanol–water partition coefficient (Wildman–Crippen LogP) is 3.55. The van der Waals surface area contributed by atoms with E-state index in [-0.39, 0.29) is 19.0 Å². The minimum Gasteiger partial charge on any atom is -0.441 e. The summed E-state index contributed by atoms with van der Waals surface area (Å²) in [4.78, 5) is 23.2. The molecule has 1 heterocycles. The first-order chi connectivity index (χ1) is 12.1. The van der Waals surface area contributed by atoms with Gasteiger partial charge in [-0.05, 0) is 31.2 Å². The molecule has 0 saturated carbocycles. The first kappa shape index (κ1) is 17.1. The van der Waals surface area contributed by atoms with Crippen molar-refractivity contribution in [2.75, 3.05) is 18.5 Å². The van der Waals surface area contributed by atoms with Gasteiger partial charge in [-0.3, -0.25) is 10.1 Å². The molecule has 6 nitrogen and oxygen atoms in total. The number of ether oxygens (including phenoxy) is 3. The largest absolute Gasteiger partial charge is 0.441 e. The molecule has 0 unspecified atom stereocenters. The van der Waals surface area contributed by atoms with Crippen LogP contribution in [0.4, 0.5) is 10.5 Å². The Balaban J connectivity index is 1.47. The maximum absolute atomic E-state index is 11.9. The average molecular weight is 341 g/mol. The Hall–Kier alpha value is -2.70. The van der Waals surface area contributed by atoms with Gasteiger partial charge in [-0.2, -0.15) is 0 Å². The van der Waals surface area contributed by atoms with E-state index in [0.29, 0.717) is 11.3 Å². The lowest BCUT2D eigenvalue weighted by atomic mass is 10.1. The molecule has 0 aliphatic carbocycles. The van der Waals surface area contributed by atoms with Crippen LogP contribution in [-0.2, 0) is 14.2 Å². The summed E-state index contributed by atoms with van der Waals surface area (Å²) in [6.07, 6.45) is -1.51. The summed E-state index contributed by atoms with van der Waals surface area (Å²) in [7, 11) is 0. The number of hydrogen-bond acceptors (Lipinski definition) is 5. The second kappa shape index (κ2) is 7.92. The van der Waals surface area contributed by atoms with Gasteiger partial charge in [0.1, 0.15) is 0 Å². The van der Waals surface area contributed by atoms with Gasteiger partial charge >= 0.3 is 6.09 Å². The molecule has 1 aliphatic heterocycles. The van der Waals surface area contributed by atoms with Crippen LogP contribution in [0, 0.1) is 0 Å². The molecule has 2 aromatic carbocycles. The van der Waals surface area contributed by atoms with Crippen LogP contribution in [0.25, 0.3) is 0 Å². The van der Waals surface area contributed by atoms with Crippen molar-refractivity contribution in [3.63, 3.8) is 0 Å². The van der Waals surface area contributed by atoms with Crippen molar-refractivity contribution in [2.45, 2.75) is 19.3 Å². The lowest BCUT2D eigenvalue weighted by Crippen LogP contribution is -2.36. The fourth-order valence-electron chi connectivity index (χ4n) is 2.44. The van der Waals surface area contributed by atoms with E-state index in [4.69, 9.17) is 14.2 Å². The third kappa shape index (κ3) is 4.65. The number of benzene rings is 2. The normalized spacial score (nSPS) is 19.9. The Morgan fingerprint density at radius 2 is 1.64 bits per heavy atom. The van der Waals surface area contributed by atoms with E-state index in [0.717, 1.165) is 5.56 Å². The van der Waals surface area contributed by atoms with Crippen molar-refractivity contribution >= 4 is 17.6 Å². The Kier molecular flexibility index (Phi) is 5.42. The quantitative estimate of drug-likeness (QED) is 0.861. The van der Waals surface area contributed by atoms with Crippen LogP contribution in [0.3, 0.4) is 0 Å². The summed E-state index contributed by atoms with van der Waals surface area (Å²) in [5.41, 5.74) is 2.06. The van der Waals surface area contributed by atoms with E-state index in [1.807, 2.05) is 30.3 Å². The Morgan fingerprint density at radius 3 is 2.24 bits per heavy atom. The van der Waals surface area contributed by atoms with Crippen LogP contribution >= 0.6 is 0 Å². The number of hydrogen-bond donors (Lipinski definition) is 1. The zero-order valence-corrected chi connectivity index (χ0v) is 13.8. The summed E-state index contributed by atoms with van der Waals surface area (Å²) in [5, 5.41) is 2.61. The topological polar surface area (TPSA) is 73.9 Å². The van der Waals surface area contributed by atoms with Crippen molar-refractivity contribution in [1.82, 2.24) is 0 Å². The lowest BCUT2D eigenvalue weighted by Gasteiger charge is -2.29. The smallest absolute Gasteiger partial charge is 0.412 e. The molecule has 2 aromatic rings. The zero-order chi connectivity index (χ0) is 17.6. The van der Waals surface area contributed by atoms with Crippen LogP contribution in [-0.4, -0.2) is 31.2 Å². The van der Waals surface area contributed by atoms with Crippen molar-refractivity contribution < 1.29 is 23.8 Å². The van der Waals surface area contributed by atoms with E-state index in [1.54, 1.807) is 24.3 Å². The first-order valence-electron chi connectivity index (χ1n) is 7.98. The number of anilines is 1. The highest BCUT2D eigenvalue weighted by Gasteiger charge is 2.26. The number of nitrogens with one attached hydrogen (secondary N) is 1. The van der Waals surface area contributed by atoms with Gasteiger partial charge < -0.3 is 14.2 Å². The molecule has 3 rings (SSSR count). The zero-order valence-electron chi connectivity index (χ0n) is 13.8. The number of carbonyl (C=O) groups excluding carboxylic acids is 2. The molecule has 1 saturated heterocycles. The summed E-state index contributed by atoms with van der Waals surface area (Å²) in [5.74, 6) is -0.0291. The molecular weight excluding hydrogens is 322 g/mol. The monoisotopic (exact) mass is 341 g/mol. The molecule has 0 aromatic heterocycles. The Labute approximate surface area is 145 Å². The molecule has 0 spiro atoms. The van der Waals surface area contributed by atoms with Gasteiger partial charge in [0.2, 0.25) is 0 Å². The highest BCUT2D eigenvalue weighted by molar-refractivity contribution is 5.94. The average Bonchev–Trinajstić information content (AvgIpc) is 2.63. The molecular formula is C19H19NO5. The number of Topliss-reactive ketones (excluding diaryl/α,β-unsaturated/α-hetero) is 1. The van der Waals surface area contributed by atoms with Crippen molar-refractivity contribution in [2.24, 2.45) is 0 Å². The van der Waals surface area contributed by atoms with Gasteiger partial charge in [-0.25, -0.2) is 4.79 Å². The molecule has 1 N–H and O–H groups in total. The molecule has 25 heavy (non-hydrogen) atoms. The lowest BCUT2D eigenvalue weighted by molar-refractivity contribution is -0.219. The van der Waals surface area contributed by atoms with Gasteiger partial charge in [0.15, 0.2) is 18.2 Å². The SMILES string of the molecule is CC(=O)c1ccc(NC(=O)OC2COC(c3ccccc3)OC2)cc1. The minimum absolute atomic E-state index is 0.0291. The molecule has 130 valence electrons. The third-order valence-corrected chi connectivity index (χ3v) is 3.75. The number of ketones is 1. The summed E-state index contributed by atoms with van der Waals surface area (Å²) >= 11 is 0. The summed E-state index contributed by atoms with van der Waals surface area (Å²) in [6, 6.07) is 16.2. The van der Waals surface area contributed by atoms with Crippen LogP contribution < -0.4 is 5.32 Å². The molecule has 6 heteroatoms. The number of rotatable bonds is 4. The van der Waals surface area contributed by atoms with Crippen LogP contribution in [0.1, 0.15) is 29.1 Å². The molecule has 1 amide bonds. The minimum atomic E-state index is -0.592. The van der Waals surface area contributed by atoms with E-state index < -0.39 is 18.5 Å². The second-order valence-corrected chi connectivity index (χ2v) is 5.70. The molecule has 0 radical (unpaired) electrons. The van der Waals surface area contributed by atoms with E-state index in [9.17, 15) is 9.59 Å². The van der Waals surface area contributed by atoms with Gasteiger partial charge in [0.25, 0.3) is 0 Å². The van der Waals surface area contributed by atoms with E-state index in [1.165, 1.54) is 6.92 Å². The predicted molar refractivity (Wildman–Crippen MR) is 91.4 cm³/mol. The third-order valence-electron chi connectivity index (χ3n) is 3.75. The first-order valence-corrected chi connectivity index (χ1v) is 7.98. The summed E-state index contributed by atoms with van der Waals surface area (Å²) in [6.45, 7) is 2.01. The van der Waals surface area contributed by atoms with Gasteiger partial charge in [0.05, 0.1) is 13.2 Å². The fourth-order valence-corrected chi connectivity index (χ4v) is 2.44. The highest BCUT2D eigenvalue weighted by atomic mass is 16.7. The van der Waals surface area contributed by atoms with Gasteiger partial charge in [-0.15, -0.1) is 0 Å². The second-order valence-electron chi connectivity index (χ2n) is 5.70. The Morgan fingerprint density at radius 1 is 1.00 bits per heavy atom. The fraction of sp³-hybridized carbons (Fsp3) is 0.263. The highest BCUT2D eigenvalue weighted by Crippen LogP contribution is 2.23. The number of carbonyl (C=O) groups is 2. The van der Waals surface area contributed by atoms with E-state index in [2.05, 4.69) is 5.32 Å². The van der Waals surface area contributed by atoms with Crippen molar-refractivity contribution in [1.29, 1.82) is 0 Å². The van der Waals surface area contributed by atoms with Gasteiger partial charge in [0, 0.05) is 16.8 Å². The molecule has 1 aliphatic rings. The maximum Gasteiger partial charge on any atom is 0.412 e. The number of amides is 1. The van der Waals surface area contributed by atoms with Crippen molar-refractivity contribution in [3.05, 3.63) is 65.7 Å². The molecule has 1 fully saturated rings. The van der Waals surface area contributed by atoms with E-state index >= 15 is 0 Å². The van der Waals surface area contributed by atoms with Crippen molar-refractivity contribution in [3.8, 4) is 0 Å². The Bertz CT molecular complexity index is 721. The van der Waals surface area contributed by atoms with Gasteiger partial charge in [-0.1, -0.05) is 30.3 Å². The van der Waals surface area contributed by atoms with Crippen LogP contribution in [0.5, 0.6) is 0 Å². The molecule has 0 bridgehead atoms. The van der Waals surface area contributed by atoms with Crippen LogP contribution in [0.2, 0.25) is 0 Å². The standard InChI is InChI=1S/C19H19NO5/c1-13(21)14-7-9-16(10-8-14)20-19(22)25-17-11-23-18(24-12-17)15-5-3-2-4-6-15/h2-10,17-18H,11-12H2,1H3,(H,20,22). The summed E-state index contributed by atoms with van der Waals surface area (Å²) < 4.78 is 16.5. The van der Waals surface area contributed by atoms with Crippen LogP contribution in [0.15, 0.2) is 54.6 Å². The molecule has 0 atom stereocenters.